The van der Waals surface area contributed by atoms with E-state index in [0.717, 1.165) is 0 Å². The van der Waals surface area contributed by atoms with E-state index in [1.54, 1.807) is 0 Å². The molecular weight excluding hydrogens is 176 g/mol. The van der Waals surface area contributed by atoms with Gasteiger partial charge in [0.05, 0.1) is 0 Å². The van der Waals surface area contributed by atoms with Crippen molar-refractivity contribution in [3.05, 3.63) is 0 Å². The fourth-order valence-electron chi connectivity index (χ4n) is 2.63. The van der Waals surface area contributed by atoms with Crippen LogP contribution in [0.15, 0.2) is 0 Å². The maximum atomic E-state index is 3.69. The molecule has 0 aromatic rings. The van der Waals surface area contributed by atoms with Gasteiger partial charge in [-0.1, -0.05) is 0 Å². The molecular formula is C11H26N2O. The van der Waals surface area contributed by atoms with Crippen LogP contribution in [0, 0.1) is 0 Å². The number of piperidine rings is 1. The average molecular weight is 202 g/mol. The van der Waals surface area contributed by atoms with Gasteiger partial charge >= 0.3 is 0 Å². The van der Waals surface area contributed by atoms with Gasteiger partial charge in [-0.2, -0.15) is 0 Å². The van der Waals surface area contributed by atoms with Crippen molar-refractivity contribution >= 4 is 0 Å². The lowest BCUT2D eigenvalue weighted by atomic mass is 9.79. The standard InChI is InChI=1S/C11H24N2.H2O/c1-10(2)7-9(13(5)6)8-11(3,4)12-10;/h9,12H,7-8H2,1-6H3;1H2. The third kappa shape index (κ3) is 3.56. The molecule has 1 rings (SSSR count). The van der Waals surface area contributed by atoms with E-state index in [0.29, 0.717) is 6.04 Å². The number of hydrogen-bond donors (Lipinski definition) is 1. The van der Waals surface area contributed by atoms with Crippen LogP contribution in [0.5, 0.6) is 0 Å². The molecule has 0 bridgehead atoms. The van der Waals surface area contributed by atoms with Gasteiger partial charge in [-0.3, -0.25) is 0 Å². The monoisotopic (exact) mass is 202 g/mol. The zero-order valence-corrected chi connectivity index (χ0v) is 10.4. The smallest absolute Gasteiger partial charge is 0.0145 e. The zero-order valence-electron chi connectivity index (χ0n) is 10.4. The van der Waals surface area contributed by atoms with Gasteiger partial charge in [-0.15, -0.1) is 0 Å². The van der Waals surface area contributed by atoms with E-state index in [1.807, 2.05) is 0 Å². The summed E-state index contributed by atoms with van der Waals surface area (Å²) in [5.41, 5.74) is 0.549. The fourth-order valence-corrected chi connectivity index (χ4v) is 2.63. The molecule has 0 aliphatic carbocycles. The summed E-state index contributed by atoms with van der Waals surface area (Å²) < 4.78 is 0. The van der Waals surface area contributed by atoms with Crippen LogP contribution in [0.25, 0.3) is 0 Å². The zero-order chi connectivity index (χ0) is 10.3. The quantitative estimate of drug-likeness (QED) is 0.690. The normalized spacial score (nSPS) is 25.9. The molecule has 0 aromatic carbocycles. The molecule has 0 spiro atoms. The molecule has 0 unspecified atom stereocenters. The van der Waals surface area contributed by atoms with Crippen LogP contribution >= 0.6 is 0 Å². The second-order valence-corrected chi connectivity index (χ2v) is 5.92. The van der Waals surface area contributed by atoms with Crippen molar-refractivity contribution in [2.24, 2.45) is 0 Å². The number of rotatable bonds is 1. The van der Waals surface area contributed by atoms with Crippen LogP contribution in [0.2, 0.25) is 0 Å². The maximum Gasteiger partial charge on any atom is 0.0145 e. The Balaban J connectivity index is 0.00000169. The third-order valence-electron chi connectivity index (χ3n) is 2.90. The summed E-state index contributed by atoms with van der Waals surface area (Å²) in [6, 6.07) is 0.714. The van der Waals surface area contributed by atoms with Gasteiger partial charge in [0.1, 0.15) is 0 Å². The number of nitrogens with one attached hydrogen (secondary N) is 1. The number of nitrogens with zero attached hydrogens (tertiary/aromatic N) is 1. The molecule has 0 amide bonds. The molecule has 0 saturated carbocycles. The van der Waals surface area contributed by atoms with Crippen LogP contribution in [-0.4, -0.2) is 41.6 Å². The Hall–Kier alpha value is -0.120. The van der Waals surface area contributed by atoms with Crippen LogP contribution < -0.4 is 5.32 Å². The Morgan fingerprint density at radius 1 is 1.00 bits per heavy atom. The first kappa shape index (κ1) is 13.9. The summed E-state index contributed by atoms with van der Waals surface area (Å²) >= 11 is 0. The summed E-state index contributed by atoms with van der Waals surface area (Å²) in [5.74, 6) is 0. The summed E-state index contributed by atoms with van der Waals surface area (Å²) in [5, 5.41) is 3.69. The van der Waals surface area contributed by atoms with Gasteiger partial charge in [0.25, 0.3) is 0 Å². The van der Waals surface area contributed by atoms with E-state index in [4.69, 9.17) is 0 Å². The van der Waals surface area contributed by atoms with Crippen LogP contribution in [0.3, 0.4) is 0 Å². The molecule has 0 atom stereocenters. The molecule has 3 N–H and O–H groups in total. The molecule has 3 heteroatoms. The molecule has 1 saturated heterocycles. The Morgan fingerprint density at radius 3 is 1.64 bits per heavy atom. The van der Waals surface area contributed by atoms with E-state index in [-0.39, 0.29) is 16.6 Å². The summed E-state index contributed by atoms with van der Waals surface area (Å²) in [6.07, 6.45) is 2.48. The van der Waals surface area contributed by atoms with E-state index < -0.39 is 0 Å². The molecule has 14 heavy (non-hydrogen) atoms. The van der Waals surface area contributed by atoms with Crippen molar-refractivity contribution in [2.75, 3.05) is 14.1 Å². The van der Waals surface area contributed by atoms with Gasteiger partial charge in [0.2, 0.25) is 0 Å². The minimum absolute atomic E-state index is 0. The van der Waals surface area contributed by atoms with Crippen molar-refractivity contribution < 1.29 is 5.48 Å². The Bertz CT molecular complexity index is 172. The second kappa shape index (κ2) is 4.17. The third-order valence-corrected chi connectivity index (χ3v) is 2.90. The van der Waals surface area contributed by atoms with Gasteiger partial charge in [-0.05, 0) is 54.6 Å². The molecule has 1 heterocycles. The Labute approximate surface area is 88.2 Å². The summed E-state index contributed by atoms with van der Waals surface area (Å²) in [6.45, 7) is 9.18. The van der Waals surface area contributed by atoms with E-state index >= 15 is 0 Å². The highest BCUT2D eigenvalue weighted by Crippen LogP contribution is 2.30. The van der Waals surface area contributed by atoms with Gasteiger partial charge in [0.15, 0.2) is 0 Å². The van der Waals surface area contributed by atoms with Gasteiger partial charge in [0, 0.05) is 17.1 Å². The molecule has 86 valence electrons. The lowest BCUT2D eigenvalue weighted by Gasteiger charge is -2.48. The highest BCUT2D eigenvalue weighted by Gasteiger charge is 2.38. The fraction of sp³-hybridized carbons (Fsp3) is 1.00. The first-order valence-electron chi connectivity index (χ1n) is 5.18. The Kier molecular flexibility index (Phi) is 4.13. The Morgan fingerprint density at radius 2 is 1.36 bits per heavy atom. The predicted octanol–water partition coefficient (Wildman–Crippen LogP) is 1.03. The molecule has 1 aliphatic heterocycles. The SMILES string of the molecule is CN(C)C1CC(C)(C)NC(C)(C)C1.O. The van der Waals surface area contributed by atoms with E-state index in [9.17, 15) is 0 Å². The minimum atomic E-state index is 0. The van der Waals surface area contributed by atoms with Crippen molar-refractivity contribution in [3.8, 4) is 0 Å². The van der Waals surface area contributed by atoms with Crippen molar-refractivity contribution in [1.29, 1.82) is 0 Å². The van der Waals surface area contributed by atoms with Gasteiger partial charge < -0.3 is 15.7 Å². The number of hydrogen-bond acceptors (Lipinski definition) is 2. The molecule has 1 aliphatic rings. The van der Waals surface area contributed by atoms with Crippen LogP contribution in [-0.2, 0) is 0 Å². The van der Waals surface area contributed by atoms with Gasteiger partial charge in [-0.25, -0.2) is 0 Å². The lowest BCUT2D eigenvalue weighted by molar-refractivity contribution is 0.0953. The highest BCUT2D eigenvalue weighted by atomic mass is 16.0. The van der Waals surface area contributed by atoms with Crippen molar-refractivity contribution in [1.82, 2.24) is 10.2 Å². The molecule has 0 radical (unpaired) electrons. The first-order chi connectivity index (χ1) is 5.72. The molecule has 1 fully saturated rings. The average Bonchev–Trinajstić information content (AvgIpc) is 1.79. The summed E-state index contributed by atoms with van der Waals surface area (Å²) in [4.78, 5) is 2.35. The minimum Gasteiger partial charge on any atom is -0.412 e. The first-order valence-corrected chi connectivity index (χ1v) is 5.18. The van der Waals surface area contributed by atoms with E-state index in [1.165, 1.54) is 12.8 Å². The second-order valence-electron chi connectivity index (χ2n) is 5.92. The molecule has 0 aromatic heterocycles. The maximum absolute atomic E-state index is 3.69. The van der Waals surface area contributed by atoms with E-state index in [2.05, 4.69) is 52.0 Å². The lowest BCUT2D eigenvalue weighted by Crippen LogP contribution is -2.61. The predicted molar refractivity (Wildman–Crippen MR) is 61.6 cm³/mol. The topological polar surface area (TPSA) is 46.8 Å². The van der Waals surface area contributed by atoms with Crippen molar-refractivity contribution in [2.45, 2.75) is 57.7 Å². The molecule has 3 nitrogen and oxygen atoms in total. The highest BCUT2D eigenvalue weighted by molar-refractivity contribution is 4.99. The van der Waals surface area contributed by atoms with Crippen molar-refractivity contribution in [3.63, 3.8) is 0 Å². The van der Waals surface area contributed by atoms with Crippen LogP contribution in [0.1, 0.15) is 40.5 Å². The largest absolute Gasteiger partial charge is 0.412 e. The van der Waals surface area contributed by atoms with Crippen LogP contribution in [0.4, 0.5) is 0 Å². The summed E-state index contributed by atoms with van der Waals surface area (Å²) in [7, 11) is 4.37.